The van der Waals surface area contributed by atoms with Gasteiger partial charge < -0.3 is 14.3 Å². The molecule has 14 heavy (non-hydrogen) atoms. The minimum atomic E-state index is 0.258. The highest BCUT2D eigenvalue weighted by molar-refractivity contribution is 5.50. The molecule has 0 N–H and O–H groups in total. The lowest BCUT2D eigenvalue weighted by atomic mass is 10.1. The third-order valence-corrected chi connectivity index (χ3v) is 1.82. The SMILES string of the molecule is COCOc1ccc(CCC=O)cc1. The first-order chi connectivity index (χ1) is 6.86. The van der Waals surface area contributed by atoms with Crippen LogP contribution in [0.5, 0.6) is 5.75 Å². The molecule has 1 aromatic rings. The van der Waals surface area contributed by atoms with Gasteiger partial charge in [-0.05, 0) is 24.1 Å². The van der Waals surface area contributed by atoms with Crippen LogP contribution in [0.2, 0.25) is 0 Å². The second kappa shape index (κ2) is 6.16. The lowest BCUT2D eigenvalue weighted by molar-refractivity contribution is -0.107. The van der Waals surface area contributed by atoms with Crippen molar-refractivity contribution < 1.29 is 14.3 Å². The molecule has 0 saturated heterocycles. The molecule has 76 valence electrons. The summed E-state index contributed by atoms with van der Waals surface area (Å²) >= 11 is 0. The molecule has 0 aliphatic heterocycles. The zero-order valence-electron chi connectivity index (χ0n) is 8.23. The Morgan fingerprint density at radius 1 is 1.29 bits per heavy atom. The Hall–Kier alpha value is -1.35. The fraction of sp³-hybridized carbons (Fsp3) is 0.364. The second-order valence-electron chi connectivity index (χ2n) is 2.90. The summed E-state index contributed by atoms with van der Waals surface area (Å²) in [5.41, 5.74) is 1.14. The first kappa shape index (κ1) is 10.7. The normalized spacial score (nSPS) is 9.79. The number of methoxy groups -OCH3 is 1. The molecule has 1 aromatic carbocycles. The van der Waals surface area contributed by atoms with Gasteiger partial charge in [0.15, 0.2) is 6.79 Å². The maximum atomic E-state index is 10.1. The molecule has 1 rings (SSSR count). The average molecular weight is 194 g/mol. The number of carbonyl (C=O) groups is 1. The van der Waals surface area contributed by atoms with Gasteiger partial charge in [0.05, 0.1) is 0 Å². The van der Waals surface area contributed by atoms with Gasteiger partial charge in [0.2, 0.25) is 0 Å². The highest BCUT2D eigenvalue weighted by Gasteiger charge is 1.94. The van der Waals surface area contributed by atoms with Crippen LogP contribution in [0.1, 0.15) is 12.0 Å². The number of carbonyl (C=O) groups excluding carboxylic acids is 1. The summed E-state index contributed by atoms with van der Waals surface area (Å²) in [7, 11) is 1.58. The quantitative estimate of drug-likeness (QED) is 0.511. The number of aryl methyl sites for hydroxylation is 1. The van der Waals surface area contributed by atoms with Crippen LogP contribution in [-0.2, 0) is 16.0 Å². The molecule has 0 aliphatic rings. The van der Waals surface area contributed by atoms with Crippen molar-refractivity contribution in [3.05, 3.63) is 29.8 Å². The van der Waals surface area contributed by atoms with Crippen LogP contribution in [0.4, 0.5) is 0 Å². The van der Waals surface area contributed by atoms with E-state index in [1.807, 2.05) is 24.3 Å². The van der Waals surface area contributed by atoms with E-state index in [2.05, 4.69) is 0 Å². The Morgan fingerprint density at radius 3 is 2.57 bits per heavy atom. The lowest BCUT2D eigenvalue weighted by Crippen LogP contribution is -1.98. The first-order valence-corrected chi connectivity index (χ1v) is 4.51. The van der Waals surface area contributed by atoms with Crippen LogP contribution in [0.3, 0.4) is 0 Å². The second-order valence-corrected chi connectivity index (χ2v) is 2.90. The van der Waals surface area contributed by atoms with Crippen molar-refractivity contribution in [2.75, 3.05) is 13.9 Å². The number of benzene rings is 1. The Labute approximate surface area is 83.6 Å². The van der Waals surface area contributed by atoms with Gasteiger partial charge in [-0.15, -0.1) is 0 Å². The fourth-order valence-electron chi connectivity index (χ4n) is 1.10. The molecule has 0 unspecified atom stereocenters. The average Bonchev–Trinajstić information content (AvgIpc) is 2.25. The minimum absolute atomic E-state index is 0.258. The van der Waals surface area contributed by atoms with E-state index < -0.39 is 0 Å². The molecule has 0 heterocycles. The monoisotopic (exact) mass is 194 g/mol. The van der Waals surface area contributed by atoms with Gasteiger partial charge in [-0.3, -0.25) is 0 Å². The highest BCUT2D eigenvalue weighted by Crippen LogP contribution is 2.12. The van der Waals surface area contributed by atoms with Crippen molar-refractivity contribution in [2.24, 2.45) is 0 Å². The van der Waals surface area contributed by atoms with Crippen molar-refractivity contribution in [3.8, 4) is 5.75 Å². The van der Waals surface area contributed by atoms with E-state index >= 15 is 0 Å². The van der Waals surface area contributed by atoms with E-state index in [0.29, 0.717) is 6.42 Å². The molecule has 0 saturated carbocycles. The van der Waals surface area contributed by atoms with Gasteiger partial charge in [-0.25, -0.2) is 0 Å². The summed E-state index contributed by atoms with van der Waals surface area (Å²) in [5, 5.41) is 0. The summed E-state index contributed by atoms with van der Waals surface area (Å²) in [6.07, 6.45) is 2.28. The van der Waals surface area contributed by atoms with Crippen molar-refractivity contribution in [3.63, 3.8) is 0 Å². The van der Waals surface area contributed by atoms with Crippen LogP contribution < -0.4 is 4.74 Å². The smallest absolute Gasteiger partial charge is 0.188 e. The zero-order chi connectivity index (χ0) is 10.2. The molecule has 3 heteroatoms. The van der Waals surface area contributed by atoms with Crippen LogP contribution in [0.15, 0.2) is 24.3 Å². The van der Waals surface area contributed by atoms with E-state index in [9.17, 15) is 4.79 Å². The molecule has 0 fully saturated rings. The molecule has 0 amide bonds. The highest BCUT2D eigenvalue weighted by atomic mass is 16.7. The molecule has 0 spiro atoms. The lowest BCUT2D eigenvalue weighted by Gasteiger charge is -2.04. The zero-order valence-corrected chi connectivity index (χ0v) is 8.23. The number of aldehydes is 1. The topological polar surface area (TPSA) is 35.5 Å². The van der Waals surface area contributed by atoms with Gasteiger partial charge >= 0.3 is 0 Å². The predicted octanol–water partition coefficient (Wildman–Crippen LogP) is 1.80. The van der Waals surface area contributed by atoms with Gasteiger partial charge in [0.1, 0.15) is 12.0 Å². The Bertz CT molecular complexity index is 266. The Balaban J connectivity index is 2.46. The number of rotatable bonds is 6. The molecular weight excluding hydrogens is 180 g/mol. The molecule has 3 nitrogen and oxygen atoms in total. The van der Waals surface area contributed by atoms with Gasteiger partial charge in [0.25, 0.3) is 0 Å². The third-order valence-electron chi connectivity index (χ3n) is 1.82. The maximum absolute atomic E-state index is 10.1. The first-order valence-electron chi connectivity index (χ1n) is 4.51. The number of hydrogen-bond donors (Lipinski definition) is 0. The molecule has 0 aliphatic carbocycles. The molecule has 0 bridgehead atoms. The third kappa shape index (κ3) is 3.58. The van der Waals surface area contributed by atoms with Gasteiger partial charge in [-0.1, -0.05) is 12.1 Å². The molecular formula is C11H14O3. The summed E-state index contributed by atoms with van der Waals surface area (Å²) in [6.45, 7) is 0.258. The van der Waals surface area contributed by atoms with E-state index in [1.54, 1.807) is 7.11 Å². The van der Waals surface area contributed by atoms with E-state index in [1.165, 1.54) is 0 Å². The van der Waals surface area contributed by atoms with Crippen molar-refractivity contribution in [2.45, 2.75) is 12.8 Å². The summed E-state index contributed by atoms with van der Waals surface area (Å²) in [5.74, 6) is 0.779. The molecule has 0 atom stereocenters. The van der Waals surface area contributed by atoms with Crippen LogP contribution in [0, 0.1) is 0 Å². The summed E-state index contributed by atoms with van der Waals surface area (Å²) < 4.78 is 10.00. The minimum Gasteiger partial charge on any atom is -0.468 e. The molecule has 0 radical (unpaired) electrons. The van der Waals surface area contributed by atoms with Crippen molar-refractivity contribution in [1.29, 1.82) is 0 Å². The Kier molecular flexibility index (Phi) is 4.72. The van der Waals surface area contributed by atoms with E-state index in [-0.39, 0.29) is 6.79 Å². The van der Waals surface area contributed by atoms with E-state index in [0.717, 1.165) is 24.0 Å². The van der Waals surface area contributed by atoms with Crippen LogP contribution in [0.25, 0.3) is 0 Å². The standard InChI is InChI=1S/C11H14O3/c1-13-9-14-11-6-4-10(5-7-11)3-2-8-12/h4-8H,2-3,9H2,1H3. The number of hydrogen-bond acceptors (Lipinski definition) is 3. The number of ether oxygens (including phenoxy) is 2. The fourth-order valence-corrected chi connectivity index (χ4v) is 1.10. The maximum Gasteiger partial charge on any atom is 0.188 e. The van der Waals surface area contributed by atoms with Crippen molar-refractivity contribution in [1.82, 2.24) is 0 Å². The largest absolute Gasteiger partial charge is 0.468 e. The Morgan fingerprint density at radius 2 is 2.00 bits per heavy atom. The predicted molar refractivity (Wildman–Crippen MR) is 53.3 cm³/mol. The van der Waals surface area contributed by atoms with Crippen LogP contribution >= 0.6 is 0 Å². The van der Waals surface area contributed by atoms with Gasteiger partial charge in [0, 0.05) is 13.5 Å². The van der Waals surface area contributed by atoms with Crippen LogP contribution in [-0.4, -0.2) is 20.2 Å². The van der Waals surface area contributed by atoms with E-state index in [4.69, 9.17) is 9.47 Å². The summed E-state index contributed by atoms with van der Waals surface area (Å²) in [4.78, 5) is 10.1. The summed E-state index contributed by atoms with van der Waals surface area (Å²) in [6, 6.07) is 7.65. The van der Waals surface area contributed by atoms with Crippen molar-refractivity contribution >= 4 is 6.29 Å². The molecule has 0 aromatic heterocycles. The van der Waals surface area contributed by atoms with Gasteiger partial charge in [-0.2, -0.15) is 0 Å².